The maximum Gasteiger partial charge on any atom is 0.410 e. The maximum atomic E-state index is 13.1. The minimum Gasteiger partial charge on any atom is -0.449 e. The lowest BCUT2D eigenvalue weighted by Gasteiger charge is -2.51. The summed E-state index contributed by atoms with van der Waals surface area (Å²) in [5.74, 6) is -0.710. The fourth-order valence-electron chi connectivity index (χ4n) is 6.74. The van der Waals surface area contributed by atoms with Crippen LogP contribution in [0.1, 0.15) is 54.7 Å². The summed E-state index contributed by atoms with van der Waals surface area (Å²) in [5, 5.41) is 2.84. The van der Waals surface area contributed by atoms with Crippen molar-refractivity contribution in [1.29, 1.82) is 0 Å². The van der Waals surface area contributed by atoms with Crippen LogP contribution >= 0.6 is 0 Å². The SMILES string of the molecule is NC(=O)C1(NC(=O)OCC2c3ccccc3-c3ccccc32)CC2CCCC(C1)N2C(=O)OCc1ccccc1. The minimum atomic E-state index is -1.30. The van der Waals surface area contributed by atoms with E-state index >= 15 is 0 Å². The summed E-state index contributed by atoms with van der Waals surface area (Å²) in [7, 11) is 0. The van der Waals surface area contributed by atoms with Gasteiger partial charge in [0, 0.05) is 30.8 Å². The van der Waals surface area contributed by atoms with E-state index in [2.05, 4.69) is 29.6 Å². The minimum absolute atomic E-state index is 0.0942. The topological polar surface area (TPSA) is 111 Å². The Morgan fingerprint density at radius 1 is 0.825 bits per heavy atom. The number of nitrogens with two attached hydrogens (primary N) is 1. The van der Waals surface area contributed by atoms with Gasteiger partial charge in [0.15, 0.2) is 0 Å². The first kappa shape index (κ1) is 25.9. The number of alkyl carbamates (subject to hydrolysis) is 1. The zero-order valence-corrected chi connectivity index (χ0v) is 22.3. The quantitative estimate of drug-likeness (QED) is 0.453. The number of hydrogen-bond donors (Lipinski definition) is 2. The molecular weight excluding hydrogens is 506 g/mol. The van der Waals surface area contributed by atoms with Gasteiger partial charge in [-0.2, -0.15) is 0 Å². The summed E-state index contributed by atoms with van der Waals surface area (Å²) in [6.45, 7) is 0.314. The molecule has 2 atom stereocenters. The Hall–Kier alpha value is -4.33. The summed E-state index contributed by atoms with van der Waals surface area (Å²) in [6.07, 6.45) is 1.71. The zero-order chi connectivity index (χ0) is 27.7. The summed E-state index contributed by atoms with van der Waals surface area (Å²) in [4.78, 5) is 40.8. The van der Waals surface area contributed by atoms with E-state index < -0.39 is 23.6 Å². The Bertz CT molecular complexity index is 1370. The van der Waals surface area contributed by atoms with Gasteiger partial charge in [-0.1, -0.05) is 78.9 Å². The Morgan fingerprint density at radius 2 is 1.40 bits per heavy atom. The molecule has 206 valence electrons. The monoisotopic (exact) mass is 539 g/mol. The number of ether oxygens (including phenoxy) is 2. The lowest BCUT2D eigenvalue weighted by Crippen LogP contribution is -2.69. The van der Waals surface area contributed by atoms with Crippen LogP contribution in [-0.2, 0) is 20.9 Å². The van der Waals surface area contributed by atoms with E-state index in [1.165, 1.54) is 0 Å². The highest BCUT2D eigenvalue weighted by Gasteiger charge is 2.52. The Morgan fingerprint density at radius 3 is 2.00 bits per heavy atom. The molecule has 40 heavy (non-hydrogen) atoms. The molecule has 3 amide bonds. The highest BCUT2D eigenvalue weighted by atomic mass is 16.6. The standard InChI is InChI=1S/C32H33N3O5/c33-29(36)32(17-22-11-8-12-23(18-32)35(22)31(38)40-19-21-9-2-1-3-10-21)34-30(37)39-20-28-26-15-6-4-13-24(26)25-14-5-7-16-27(25)28/h1-7,9-10,13-16,22-23,28H,8,11-12,17-20H2,(H2,33,36)(H,34,37). The van der Waals surface area contributed by atoms with Crippen LogP contribution in [0.15, 0.2) is 78.9 Å². The molecule has 3 aliphatic rings. The number of nitrogens with one attached hydrogen (secondary N) is 1. The second-order valence-corrected chi connectivity index (χ2v) is 11.0. The molecule has 3 aromatic rings. The van der Waals surface area contributed by atoms with Crippen molar-refractivity contribution >= 4 is 18.1 Å². The smallest absolute Gasteiger partial charge is 0.410 e. The van der Waals surface area contributed by atoms with Crippen LogP contribution in [0.5, 0.6) is 0 Å². The third-order valence-electron chi connectivity index (χ3n) is 8.60. The number of amides is 3. The average molecular weight is 540 g/mol. The Kier molecular flexibility index (Phi) is 6.92. The molecule has 2 aliphatic heterocycles. The van der Waals surface area contributed by atoms with Crippen molar-refractivity contribution in [2.75, 3.05) is 6.61 Å². The van der Waals surface area contributed by atoms with Gasteiger partial charge in [-0.3, -0.25) is 4.79 Å². The van der Waals surface area contributed by atoms with Crippen molar-refractivity contribution in [3.05, 3.63) is 95.6 Å². The number of rotatable bonds is 6. The number of fused-ring (bicyclic) bond motifs is 5. The van der Waals surface area contributed by atoms with Crippen molar-refractivity contribution in [3.8, 4) is 11.1 Å². The van der Waals surface area contributed by atoms with Crippen molar-refractivity contribution in [1.82, 2.24) is 10.2 Å². The van der Waals surface area contributed by atoms with Gasteiger partial charge in [0.2, 0.25) is 5.91 Å². The molecule has 0 saturated carbocycles. The highest BCUT2D eigenvalue weighted by Crippen LogP contribution is 2.45. The number of nitrogens with zero attached hydrogens (tertiary/aromatic N) is 1. The lowest BCUT2D eigenvalue weighted by molar-refractivity contribution is -0.129. The van der Waals surface area contributed by atoms with Crippen LogP contribution in [0, 0.1) is 0 Å². The second kappa shape index (κ2) is 10.7. The molecule has 2 bridgehead atoms. The summed E-state index contributed by atoms with van der Waals surface area (Å²) in [6, 6.07) is 25.2. The number of primary amides is 1. The lowest BCUT2D eigenvalue weighted by atomic mass is 9.73. The predicted molar refractivity (Wildman–Crippen MR) is 149 cm³/mol. The zero-order valence-electron chi connectivity index (χ0n) is 22.3. The molecular formula is C32H33N3O5. The predicted octanol–water partition coefficient (Wildman–Crippen LogP) is 5.10. The van der Waals surface area contributed by atoms with Gasteiger partial charge < -0.3 is 25.4 Å². The van der Waals surface area contributed by atoms with Gasteiger partial charge in [-0.05, 0) is 47.1 Å². The van der Waals surface area contributed by atoms with Crippen LogP contribution in [0.3, 0.4) is 0 Å². The van der Waals surface area contributed by atoms with Crippen LogP contribution in [0.25, 0.3) is 11.1 Å². The van der Waals surface area contributed by atoms with Gasteiger partial charge >= 0.3 is 12.2 Å². The molecule has 0 radical (unpaired) electrons. The molecule has 2 saturated heterocycles. The van der Waals surface area contributed by atoms with E-state index in [-0.39, 0.29) is 44.1 Å². The fraction of sp³-hybridized carbons (Fsp3) is 0.344. The molecule has 3 aromatic carbocycles. The van der Waals surface area contributed by atoms with Crippen LogP contribution < -0.4 is 11.1 Å². The summed E-state index contributed by atoms with van der Waals surface area (Å²) < 4.78 is 11.4. The summed E-state index contributed by atoms with van der Waals surface area (Å²) in [5.41, 5.74) is 10.0. The number of benzene rings is 3. The first-order valence-electron chi connectivity index (χ1n) is 13.9. The molecule has 8 nitrogen and oxygen atoms in total. The van der Waals surface area contributed by atoms with Crippen molar-refractivity contribution in [2.45, 2.75) is 62.3 Å². The molecule has 1 aliphatic carbocycles. The van der Waals surface area contributed by atoms with Crippen LogP contribution in [0.2, 0.25) is 0 Å². The molecule has 0 aromatic heterocycles. The third kappa shape index (κ3) is 4.78. The maximum absolute atomic E-state index is 13.1. The highest BCUT2D eigenvalue weighted by molar-refractivity contribution is 5.89. The number of carbonyl (C=O) groups excluding carboxylic acids is 3. The van der Waals surface area contributed by atoms with Crippen molar-refractivity contribution in [2.24, 2.45) is 5.73 Å². The second-order valence-electron chi connectivity index (χ2n) is 11.0. The van der Waals surface area contributed by atoms with Gasteiger partial charge in [0.1, 0.15) is 18.8 Å². The van der Waals surface area contributed by atoms with E-state index in [0.29, 0.717) is 12.8 Å². The molecule has 2 heterocycles. The molecule has 3 N–H and O–H groups in total. The third-order valence-corrected chi connectivity index (χ3v) is 8.60. The first-order chi connectivity index (χ1) is 19.4. The van der Waals surface area contributed by atoms with E-state index in [4.69, 9.17) is 15.2 Å². The van der Waals surface area contributed by atoms with Gasteiger partial charge in [0.05, 0.1) is 0 Å². The summed E-state index contributed by atoms with van der Waals surface area (Å²) >= 11 is 0. The Labute approximate surface area is 233 Å². The average Bonchev–Trinajstić information content (AvgIpc) is 3.28. The number of piperidine rings is 2. The largest absolute Gasteiger partial charge is 0.449 e. The molecule has 6 rings (SSSR count). The van der Waals surface area contributed by atoms with E-state index in [1.54, 1.807) is 4.90 Å². The van der Waals surface area contributed by atoms with E-state index in [9.17, 15) is 14.4 Å². The number of carbonyl (C=O) groups is 3. The molecule has 2 unspecified atom stereocenters. The normalized spacial score (nSPS) is 23.1. The van der Waals surface area contributed by atoms with Gasteiger partial charge in [0.25, 0.3) is 0 Å². The fourth-order valence-corrected chi connectivity index (χ4v) is 6.74. The van der Waals surface area contributed by atoms with Gasteiger partial charge in [-0.25, -0.2) is 9.59 Å². The Balaban J connectivity index is 1.13. The van der Waals surface area contributed by atoms with Crippen molar-refractivity contribution < 1.29 is 23.9 Å². The van der Waals surface area contributed by atoms with E-state index in [0.717, 1.165) is 34.2 Å². The van der Waals surface area contributed by atoms with Crippen LogP contribution in [0.4, 0.5) is 9.59 Å². The molecule has 2 fully saturated rings. The van der Waals surface area contributed by atoms with Crippen molar-refractivity contribution in [3.63, 3.8) is 0 Å². The van der Waals surface area contributed by atoms with Crippen LogP contribution in [-0.4, -0.2) is 47.2 Å². The van der Waals surface area contributed by atoms with Gasteiger partial charge in [-0.15, -0.1) is 0 Å². The van der Waals surface area contributed by atoms with E-state index in [1.807, 2.05) is 54.6 Å². The molecule has 8 heteroatoms. The molecule has 0 spiro atoms. The number of hydrogen-bond acceptors (Lipinski definition) is 5. The first-order valence-corrected chi connectivity index (χ1v) is 13.9.